The molecule has 9 nitrogen and oxygen atoms in total. The molecule has 2 aromatic carbocycles. The fourth-order valence-corrected chi connectivity index (χ4v) is 3.76. The summed E-state index contributed by atoms with van der Waals surface area (Å²) in [6.45, 7) is 8.59. The second-order valence-electron chi connectivity index (χ2n) is 5.49. The lowest BCUT2D eigenvalue weighted by atomic mass is 10.2. The van der Waals surface area contributed by atoms with Crippen molar-refractivity contribution in [3.05, 3.63) is 36.4 Å². The van der Waals surface area contributed by atoms with Gasteiger partial charge in [0.15, 0.2) is 0 Å². The molecule has 0 fully saturated rings. The van der Waals surface area contributed by atoms with Crippen molar-refractivity contribution in [2.45, 2.75) is 32.6 Å². The Morgan fingerprint density at radius 1 is 0.806 bits per heavy atom. The van der Waals surface area contributed by atoms with Crippen molar-refractivity contribution >= 4 is 27.1 Å². The van der Waals surface area contributed by atoms with Crippen molar-refractivity contribution in [2.24, 2.45) is 5.73 Å². The van der Waals surface area contributed by atoms with Crippen LogP contribution in [0.15, 0.2) is 41.3 Å². The topological polar surface area (TPSA) is 160 Å². The number of rotatable bonds is 6. The summed E-state index contributed by atoms with van der Waals surface area (Å²) in [7, 11) is 1.24. The highest BCUT2D eigenvalue weighted by molar-refractivity contribution is 7.89. The minimum absolute atomic E-state index is 0.292. The number of sulfonamides is 1. The lowest BCUT2D eigenvalue weighted by Crippen LogP contribution is -2.30. The van der Waals surface area contributed by atoms with Crippen molar-refractivity contribution in [3.8, 4) is 11.5 Å². The predicted octanol–water partition coefficient (Wildman–Crippen LogP) is 2.77. The SMILES string of the molecule is CC.CCN(CC)S(=O)(=O)c1ccc(N)cc1.CN.COc1cc(N)c(OC)cc1N. The average Bonchev–Trinajstić information content (AvgIpc) is 2.79. The molecule has 0 saturated carbocycles. The summed E-state index contributed by atoms with van der Waals surface area (Å²) in [5, 5.41) is 0. The largest absolute Gasteiger partial charge is 0.495 e. The van der Waals surface area contributed by atoms with Crippen LogP contribution in [0.1, 0.15) is 27.7 Å². The second kappa shape index (κ2) is 16.1. The molecule has 0 spiro atoms. The maximum atomic E-state index is 12.0. The summed E-state index contributed by atoms with van der Waals surface area (Å²) in [6, 6.07) is 9.51. The zero-order valence-corrected chi connectivity index (χ0v) is 20.5. The van der Waals surface area contributed by atoms with E-state index in [9.17, 15) is 8.42 Å². The number of nitrogens with zero attached hydrogens (tertiary/aromatic N) is 1. The van der Waals surface area contributed by atoms with Gasteiger partial charge in [-0.25, -0.2) is 8.42 Å². The van der Waals surface area contributed by atoms with Gasteiger partial charge in [-0.3, -0.25) is 0 Å². The van der Waals surface area contributed by atoms with Gasteiger partial charge in [0.05, 0.1) is 30.5 Å². The smallest absolute Gasteiger partial charge is 0.243 e. The molecule has 0 bridgehead atoms. The Balaban J connectivity index is 0. The lowest BCUT2D eigenvalue weighted by Gasteiger charge is -2.18. The highest BCUT2D eigenvalue weighted by atomic mass is 32.2. The van der Waals surface area contributed by atoms with Gasteiger partial charge in [0.25, 0.3) is 0 Å². The van der Waals surface area contributed by atoms with Crippen LogP contribution in [0.3, 0.4) is 0 Å². The van der Waals surface area contributed by atoms with Gasteiger partial charge in [-0.05, 0) is 31.3 Å². The van der Waals surface area contributed by atoms with E-state index in [1.807, 2.05) is 27.7 Å². The Labute approximate surface area is 187 Å². The molecule has 178 valence electrons. The molecule has 2 rings (SSSR count). The summed E-state index contributed by atoms with van der Waals surface area (Å²) in [6.07, 6.45) is 0. The van der Waals surface area contributed by atoms with E-state index < -0.39 is 10.0 Å². The van der Waals surface area contributed by atoms with Crippen LogP contribution in [-0.4, -0.2) is 47.1 Å². The summed E-state index contributed by atoms with van der Waals surface area (Å²) < 4.78 is 35.3. The van der Waals surface area contributed by atoms with Gasteiger partial charge in [0.1, 0.15) is 11.5 Å². The molecule has 0 saturated heterocycles. The molecule has 0 amide bonds. The summed E-state index contributed by atoms with van der Waals surface area (Å²) >= 11 is 0. The standard InChI is InChI=1S/C10H16N2O2S.C8H12N2O2.C2H6.CH5N/c1-3-12(4-2)15(13,14)10-7-5-9(11)6-8-10;1-11-7-3-6(10)8(12-2)4-5(7)9;2*1-2/h5-8H,3-4,11H2,1-2H3;3-4H,9-10H2,1-2H3;1-2H3;2H2,1H3. The van der Waals surface area contributed by atoms with Crippen LogP contribution < -0.4 is 32.4 Å². The third-order valence-electron chi connectivity index (χ3n) is 3.81. The molecule has 0 aliphatic heterocycles. The molecule has 0 atom stereocenters. The van der Waals surface area contributed by atoms with E-state index in [0.717, 1.165) is 0 Å². The summed E-state index contributed by atoms with van der Waals surface area (Å²) in [5.74, 6) is 1.13. The van der Waals surface area contributed by atoms with E-state index in [1.165, 1.54) is 37.7 Å². The third-order valence-corrected chi connectivity index (χ3v) is 5.87. The minimum atomic E-state index is -3.34. The fourth-order valence-electron chi connectivity index (χ4n) is 2.30. The van der Waals surface area contributed by atoms with Crippen LogP contribution in [0.25, 0.3) is 0 Å². The Hall–Kier alpha value is -2.69. The molecule has 0 radical (unpaired) electrons. The minimum Gasteiger partial charge on any atom is -0.495 e. The van der Waals surface area contributed by atoms with Crippen molar-refractivity contribution in [2.75, 3.05) is 51.6 Å². The zero-order valence-electron chi connectivity index (χ0n) is 19.7. The van der Waals surface area contributed by atoms with Gasteiger partial charge in [-0.15, -0.1) is 0 Å². The van der Waals surface area contributed by atoms with Crippen LogP contribution in [0.4, 0.5) is 17.1 Å². The molecule has 31 heavy (non-hydrogen) atoms. The molecule has 0 aromatic heterocycles. The maximum Gasteiger partial charge on any atom is 0.243 e. The molecule has 8 N–H and O–H groups in total. The summed E-state index contributed by atoms with van der Waals surface area (Å²) in [5.41, 5.74) is 22.8. The molecule has 0 aliphatic rings. The first kappa shape index (κ1) is 30.5. The summed E-state index contributed by atoms with van der Waals surface area (Å²) in [4.78, 5) is 0.292. The molecule has 10 heteroatoms. The van der Waals surface area contributed by atoms with E-state index in [1.54, 1.807) is 24.3 Å². The number of anilines is 3. The zero-order chi connectivity index (χ0) is 24.6. The number of hydrogen-bond acceptors (Lipinski definition) is 8. The quantitative estimate of drug-likeness (QED) is 0.482. The van der Waals surface area contributed by atoms with Gasteiger partial charge in [0.2, 0.25) is 10.0 Å². The maximum absolute atomic E-state index is 12.0. The molecule has 0 aliphatic carbocycles. The van der Waals surface area contributed by atoms with E-state index >= 15 is 0 Å². The first-order valence-corrected chi connectivity index (χ1v) is 11.4. The average molecular weight is 458 g/mol. The number of methoxy groups -OCH3 is 2. The Morgan fingerprint density at radius 2 is 1.16 bits per heavy atom. The molecule has 0 unspecified atom stereocenters. The second-order valence-corrected chi connectivity index (χ2v) is 7.43. The van der Waals surface area contributed by atoms with Gasteiger partial charge in [-0.1, -0.05) is 27.7 Å². The number of ether oxygens (including phenoxy) is 2. The van der Waals surface area contributed by atoms with Crippen LogP contribution in [0, 0.1) is 0 Å². The van der Waals surface area contributed by atoms with Crippen LogP contribution in [0.5, 0.6) is 11.5 Å². The molecular formula is C21H39N5O4S. The molecule has 2 aromatic rings. The Morgan fingerprint density at radius 3 is 1.45 bits per heavy atom. The normalized spacial score (nSPS) is 9.84. The van der Waals surface area contributed by atoms with Crippen LogP contribution in [0.2, 0.25) is 0 Å². The van der Waals surface area contributed by atoms with Gasteiger partial charge in [-0.2, -0.15) is 4.31 Å². The van der Waals surface area contributed by atoms with E-state index in [4.69, 9.17) is 26.7 Å². The fraction of sp³-hybridized carbons (Fsp3) is 0.429. The first-order chi connectivity index (χ1) is 14.7. The highest BCUT2D eigenvalue weighted by Crippen LogP contribution is 2.32. The van der Waals surface area contributed by atoms with Gasteiger partial charge >= 0.3 is 0 Å². The Bertz CT molecular complexity index is 810. The third kappa shape index (κ3) is 9.33. The molecular weight excluding hydrogens is 418 g/mol. The van der Waals surface area contributed by atoms with Gasteiger partial charge in [0, 0.05) is 30.9 Å². The van der Waals surface area contributed by atoms with Crippen molar-refractivity contribution in [3.63, 3.8) is 0 Å². The van der Waals surface area contributed by atoms with E-state index in [-0.39, 0.29) is 0 Å². The van der Waals surface area contributed by atoms with Crippen molar-refractivity contribution in [1.29, 1.82) is 0 Å². The predicted molar refractivity (Wildman–Crippen MR) is 131 cm³/mol. The first-order valence-electron chi connectivity index (χ1n) is 9.91. The number of benzene rings is 2. The van der Waals surface area contributed by atoms with Gasteiger partial charge < -0.3 is 32.4 Å². The van der Waals surface area contributed by atoms with Crippen LogP contribution in [-0.2, 0) is 10.0 Å². The van der Waals surface area contributed by atoms with Crippen LogP contribution >= 0.6 is 0 Å². The number of nitrogen functional groups attached to an aromatic ring is 3. The lowest BCUT2D eigenvalue weighted by molar-refractivity contribution is 0.407. The van der Waals surface area contributed by atoms with Crippen molar-refractivity contribution in [1.82, 2.24) is 4.31 Å². The van der Waals surface area contributed by atoms with E-state index in [2.05, 4.69) is 5.73 Å². The molecule has 0 heterocycles. The highest BCUT2D eigenvalue weighted by Gasteiger charge is 2.20. The van der Waals surface area contributed by atoms with Crippen molar-refractivity contribution < 1.29 is 17.9 Å². The number of hydrogen-bond donors (Lipinski definition) is 4. The van der Waals surface area contributed by atoms with E-state index in [0.29, 0.717) is 46.5 Å². The monoisotopic (exact) mass is 457 g/mol. The Kier molecular flexibility index (Phi) is 15.8. The number of nitrogens with two attached hydrogens (primary N) is 4.